The maximum absolute atomic E-state index is 12.8. The van der Waals surface area contributed by atoms with Crippen molar-refractivity contribution in [2.75, 3.05) is 26.4 Å². The third-order valence-corrected chi connectivity index (χ3v) is 11.2. The lowest BCUT2D eigenvalue weighted by Gasteiger charge is -2.52. The summed E-state index contributed by atoms with van der Waals surface area (Å²) in [5.74, 6) is -6.13. The molecule has 0 aromatic heterocycles. The number of hydrogen-bond acceptors (Lipinski definition) is 23. The second-order valence-corrected chi connectivity index (χ2v) is 16.3. The van der Waals surface area contributed by atoms with Crippen molar-refractivity contribution in [3.05, 3.63) is 0 Å². The second-order valence-electron chi connectivity index (χ2n) is 16.3. The van der Waals surface area contributed by atoms with E-state index in [4.69, 9.17) is 42.6 Å². The zero-order chi connectivity index (χ0) is 50.2. The Balaban J connectivity index is 1.75. The molecule has 0 aromatic rings. The maximum atomic E-state index is 12.8. The highest BCUT2D eigenvalue weighted by Crippen LogP contribution is 2.36. The molecule has 4 aliphatic heterocycles. The summed E-state index contributed by atoms with van der Waals surface area (Å²) in [6.07, 6.45) is -31.5. The van der Waals surface area contributed by atoms with Crippen molar-refractivity contribution in [1.29, 1.82) is 0 Å². The Morgan fingerprint density at radius 3 is 1.19 bits per heavy atom. The van der Waals surface area contributed by atoms with Crippen LogP contribution in [0.15, 0.2) is 0 Å². The van der Waals surface area contributed by atoms with E-state index in [1.807, 2.05) is 0 Å². The zero-order valence-electron chi connectivity index (χ0n) is 37.1. The van der Waals surface area contributed by atoms with Gasteiger partial charge in [-0.3, -0.25) is 19.2 Å². The highest BCUT2D eigenvalue weighted by atomic mass is 16.8. The standard InChI is InChI=1S/C38H62N4O25/c1-11(33(54)55)59-31-23(41-15(5)49)35(58)61-19(9-45)29(31)66-37-22(40-14(4)48)27(53)28(18(8-44)63-37)65-38-24(42-16(6)50)32(60-12(2)34(56)57)30(20(10-46)64-38)67-36-21(39-13(3)47)26(52)25(51)17(7-43)62-36/h11-12,17-32,35-38,43-46,51-53,58H,7-10H2,1-6H3,(H,39,47)(H,40,48)(H,41,49)(H,42,50)(H,54,55)(H,56,57)/t11?,12?,17-,18-,19-,20-,21-,22-,23-,24-,25-,26-,27-,28-,29-,30-,31-,32-,35-,36+,37+,38+/m1/s1. The monoisotopic (exact) mass is 974 g/mol. The molecule has 67 heavy (non-hydrogen) atoms. The zero-order valence-corrected chi connectivity index (χ0v) is 37.1. The van der Waals surface area contributed by atoms with Crippen LogP contribution in [0.2, 0.25) is 0 Å². The van der Waals surface area contributed by atoms with Gasteiger partial charge in [-0.1, -0.05) is 0 Å². The number of hydrogen-bond donors (Lipinski definition) is 14. The molecule has 29 nitrogen and oxygen atoms in total. The van der Waals surface area contributed by atoms with Crippen molar-refractivity contribution in [3.63, 3.8) is 0 Å². The van der Waals surface area contributed by atoms with E-state index in [1.54, 1.807) is 0 Å². The third-order valence-electron chi connectivity index (χ3n) is 11.2. The largest absolute Gasteiger partial charge is 0.479 e. The lowest BCUT2D eigenvalue weighted by atomic mass is 9.93. The molecule has 29 heteroatoms. The predicted octanol–water partition coefficient (Wildman–Crippen LogP) is -8.18. The number of amides is 4. The summed E-state index contributed by atoms with van der Waals surface area (Å²) in [4.78, 5) is 73.9. The molecule has 0 radical (unpaired) electrons. The van der Waals surface area contributed by atoms with Gasteiger partial charge in [0.2, 0.25) is 23.6 Å². The van der Waals surface area contributed by atoms with E-state index in [2.05, 4.69) is 21.3 Å². The van der Waals surface area contributed by atoms with E-state index < -0.39 is 197 Å². The van der Waals surface area contributed by atoms with E-state index >= 15 is 0 Å². The molecule has 4 rings (SSSR count). The van der Waals surface area contributed by atoms with Crippen LogP contribution in [-0.2, 0) is 71.4 Å². The Labute approximate surface area is 381 Å². The van der Waals surface area contributed by atoms with Gasteiger partial charge in [-0.15, -0.1) is 0 Å². The van der Waals surface area contributed by atoms with Gasteiger partial charge in [-0.25, -0.2) is 9.59 Å². The van der Waals surface area contributed by atoms with Gasteiger partial charge < -0.3 is 115 Å². The molecule has 384 valence electrons. The molecule has 0 bridgehead atoms. The minimum absolute atomic E-state index is 0.731. The molecule has 14 N–H and O–H groups in total. The summed E-state index contributed by atoms with van der Waals surface area (Å²) in [6, 6.07) is -6.54. The number of carbonyl (C=O) groups excluding carboxylic acids is 4. The highest BCUT2D eigenvalue weighted by Gasteiger charge is 2.57. The summed E-state index contributed by atoms with van der Waals surface area (Å²) in [7, 11) is 0. The average molecular weight is 975 g/mol. The maximum Gasteiger partial charge on any atom is 0.332 e. The van der Waals surface area contributed by atoms with Gasteiger partial charge in [0.15, 0.2) is 37.4 Å². The number of ether oxygens (including phenoxy) is 9. The van der Waals surface area contributed by atoms with Crippen LogP contribution >= 0.6 is 0 Å². The number of aliphatic carboxylic acids is 2. The molecule has 0 spiro atoms. The molecule has 4 heterocycles. The van der Waals surface area contributed by atoms with Gasteiger partial charge in [-0.2, -0.15) is 0 Å². The fraction of sp³-hybridized carbons (Fsp3) is 0.842. The Bertz CT molecular complexity index is 1700. The van der Waals surface area contributed by atoms with Crippen molar-refractivity contribution < 1.29 is 122 Å². The first-order valence-electron chi connectivity index (χ1n) is 21.1. The molecule has 0 aromatic carbocycles. The summed E-state index contributed by atoms with van der Waals surface area (Å²) >= 11 is 0. The molecule has 4 amide bonds. The molecule has 4 fully saturated rings. The van der Waals surface area contributed by atoms with Crippen LogP contribution in [0.5, 0.6) is 0 Å². The highest BCUT2D eigenvalue weighted by molar-refractivity contribution is 5.75. The molecule has 4 aliphatic rings. The Morgan fingerprint density at radius 1 is 0.448 bits per heavy atom. The van der Waals surface area contributed by atoms with Crippen LogP contribution in [0, 0.1) is 0 Å². The first kappa shape index (κ1) is 55.7. The summed E-state index contributed by atoms with van der Waals surface area (Å²) in [5.41, 5.74) is 0. The van der Waals surface area contributed by atoms with Gasteiger partial charge in [0.05, 0.1) is 26.4 Å². The van der Waals surface area contributed by atoms with Crippen LogP contribution in [0.3, 0.4) is 0 Å². The second kappa shape index (κ2) is 24.6. The molecular formula is C38H62N4O25. The minimum Gasteiger partial charge on any atom is -0.479 e. The van der Waals surface area contributed by atoms with Crippen LogP contribution in [0.1, 0.15) is 41.5 Å². The Morgan fingerprint density at radius 2 is 0.776 bits per heavy atom. The number of nitrogens with one attached hydrogen (secondary N) is 4. The minimum atomic E-state index is -2.02. The van der Waals surface area contributed by atoms with E-state index in [0.717, 1.165) is 41.5 Å². The number of carbonyl (C=O) groups is 6. The van der Waals surface area contributed by atoms with E-state index in [-0.39, 0.29) is 0 Å². The Hall–Kier alpha value is -3.86. The first-order valence-corrected chi connectivity index (χ1v) is 21.1. The SMILES string of the molecule is CC(=O)N[C@@H]1[C@@H](OC(C)C(=O)O)[C@H](O[C@@H]2O[C@H](CO)[C@@H](O[C@@H]3O[C@H](CO)[C@@H](O[C@@H]4O[C@H](CO)[C@@H](O)[C@H](O)[C@H]4NC(C)=O)[C@H](OC(C)C(=O)O)[C@H]3NC(C)=O)[C@H](O)[C@H]2NC(C)=O)[C@@H](CO)O[C@H]1O. The fourth-order valence-corrected chi connectivity index (χ4v) is 8.04. The summed E-state index contributed by atoms with van der Waals surface area (Å²) < 4.78 is 53.4. The average Bonchev–Trinajstić information content (AvgIpc) is 3.25. The van der Waals surface area contributed by atoms with Gasteiger partial charge in [0.25, 0.3) is 0 Å². The smallest absolute Gasteiger partial charge is 0.332 e. The number of carboxylic acid groups (broad SMARTS) is 2. The fourth-order valence-electron chi connectivity index (χ4n) is 8.04. The molecule has 0 aliphatic carbocycles. The van der Waals surface area contributed by atoms with Crippen molar-refractivity contribution >= 4 is 35.6 Å². The number of aliphatic hydroxyl groups excluding tert-OH is 8. The van der Waals surface area contributed by atoms with Gasteiger partial charge in [0, 0.05) is 27.7 Å². The molecular weight excluding hydrogens is 912 g/mol. The van der Waals surface area contributed by atoms with E-state index in [9.17, 15) is 79.8 Å². The molecule has 2 unspecified atom stereocenters. The molecule has 22 atom stereocenters. The summed E-state index contributed by atoms with van der Waals surface area (Å²) in [6.45, 7) is 2.61. The molecule has 0 saturated carbocycles. The van der Waals surface area contributed by atoms with Crippen LogP contribution in [-0.4, -0.2) is 248 Å². The van der Waals surface area contributed by atoms with Crippen molar-refractivity contribution in [2.24, 2.45) is 0 Å². The normalized spacial score (nSPS) is 39.9. The van der Waals surface area contributed by atoms with E-state index in [0.29, 0.717) is 0 Å². The van der Waals surface area contributed by atoms with Gasteiger partial charge in [-0.05, 0) is 13.8 Å². The van der Waals surface area contributed by atoms with E-state index in [1.165, 1.54) is 0 Å². The third kappa shape index (κ3) is 13.7. The van der Waals surface area contributed by atoms with Crippen molar-refractivity contribution in [2.45, 2.75) is 176 Å². The van der Waals surface area contributed by atoms with Crippen LogP contribution in [0.25, 0.3) is 0 Å². The van der Waals surface area contributed by atoms with Crippen molar-refractivity contribution in [1.82, 2.24) is 21.3 Å². The number of rotatable bonds is 20. The number of aliphatic hydroxyl groups is 8. The summed E-state index contributed by atoms with van der Waals surface area (Å²) in [5, 5.41) is 115. The van der Waals surface area contributed by atoms with Crippen molar-refractivity contribution in [3.8, 4) is 0 Å². The predicted molar refractivity (Wildman–Crippen MR) is 212 cm³/mol. The van der Waals surface area contributed by atoms with Crippen LogP contribution in [0.4, 0.5) is 0 Å². The quantitative estimate of drug-likeness (QED) is 0.0539. The Kier molecular flexibility index (Phi) is 20.5. The van der Waals surface area contributed by atoms with Gasteiger partial charge in [0.1, 0.15) is 97.4 Å². The van der Waals surface area contributed by atoms with Crippen LogP contribution < -0.4 is 21.3 Å². The molecule has 4 saturated heterocycles. The first-order chi connectivity index (χ1) is 31.5. The van der Waals surface area contributed by atoms with Gasteiger partial charge >= 0.3 is 11.9 Å². The topological polar surface area (TPSA) is 436 Å². The number of carboxylic acids is 2. The lowest BCUT2D eigenvalue weighted by molar-refractivity contribution is -0.366. The lowest BCUT2D eigenvalue weighted by Crippen LogP contribution is -2.72.